The molecule has 0 unspecified atom stereocenters. The van der Waals surface area contributed by atoms with Gasteiger partial charge >= 0.3 is 0 Å². The minimum Gasteiger partial charge on any atom is -0.288 e. The average molecular weight is 612 g/mol. The van der Waals surface area contributed by atoms with Crippen molar-refractivity contribution < 1.29 is 9.59 Å². The number of fused-ring (bicyclic) bond motifs is 4. The Hall–Kier alpha value is -0.340. The Morgan fingerprint density at radius 3 is 1.35 bits per heavy atom. The first-order chi connectivity index (χ1) is 17.5. The first kappa shape index (κ1) is 28.2. The van der Waals surface area contributed by atoms with Gasteiger partial charge in [-0.3, -0.25) is 9.59 Å². The number of carbonyl (C=O) groups is 2. The summed E-state index contributed by atoms with van der Waals surface area (Å²) in [5.74, 6) is 0. The van der Waals surface area contributed by atoms with Crippen LogP contribution in [0.3, 0.4) is 0 Å². The largest absolute Gasteiger partial charge is 0.288 e. The molecule has 4 fully saturated rings. The molecule has 4 aliphatic rings. The van der Waals surface area contributed by atoms with Crippen LogP contribution in [0.4, 0.5) is 0 Å². The molecule has 8 heteroatoms. The van der Waals surface area contributed by atoms with Gasteiger partial charge in [0.15, 0.2) is 11.0 Å². The number of hydrogen-bond acceptors (Lipinski definition) is 4. The van der Waals surface area contributed by atoms with Gasteiger partial charge in [-0.2, -0.15) is 0 Å². The van der Waals surface area contributed by atoms with Crippen LogP contribution >= 0.6 is 35.3 Å². The van der Waals surface area contributed by atoms with Crippen molar-refractivity contribution in [3.8, 4) is 0 Å². The monoisotopic (exact) mass is 610 g/mol. The van der Waals surface area contributed by atoms with Crippen molar-refractivity contribution in [1.29, 1.82) is 0 Å². The molecule has 0 amide bonds. The molecule has 4 bridgehead atoms. The summed E-state index contributed by atoms with van der Waals surface area (Å²) in [5.41, 5.74) is 7.33. The molecule has 2 aromatic rings. The summed E-state index contributed by atoms with van der Waals surface area (Å²) in [6, 6.07) is 5.65. The predicted octanol–water partition coefficient (Wildman–Crippen LogP) is 9.49. The molecule has 0 aromatic heterocycles. The lowest BCUT2D eigenvalue weighted by Gasteiger charge is -2.22. The SMILES string of the molecule is Cc1cc(C)c(C(=O)P2(=S)C3CCC2CC3)c(C)c1.O=C(c1c(Cl)cccc1Cl)P1(=S)C2CCC1CC2. The molecule has 0 saturated carbocycles. The van der Waals surface area contributed by atoms with E-state index < -0.39 is 12.1 Å². The van der Waals surface area contributed by atoms with Gasteiger partial charge in [-0.25, -0.2) is 0 Å². The normalized spacial score (nSPS) is 33.3. The highest BCUT2D eigenvalue weighted by Crippen LogP contribution is 2.73. The van der Waals surface area contributed by atoms with Gasteiger partial charge < -0.3 is 0 Å². The van der Waals surface area contributed by atoms with Crippen molar-refractivity contribution >= 4 is 69.9 Å². The second-order valence-corrected chi connectivity index (χ2v) is 22.3. The molecular formula is C29H34Cl2O2P2S2. The zero-order valence-electron chi connectivity index (χ0n) is 21.6. The lowest BCUT2D eigenvalue weighted by molar-refractivity contribution is 0.107. The first-order valence-corrected chi connectivity index (χ1v) is 19.9. The predicted molar refractivity (Wildman–Crippen MR) is 166 cm³/mol. The number of halogens is 2. The van der Waals surface area contributed by atoms with Gasteiger partial charge in [-0.1, -0.05) is 70.6 Å². The fourth-order valence-corrected chi connectivity index (χ4v) is 19.3. The maximum atomic E-state index is 13.1. The molecule has 4 saturated heterocycles. The molecule has 6 rings (SSSR count). The van der Waals surface area contributed by atoms with E-state index in [9.17, 15) is 9.59 Å². The summed E-state index contributed by atoms with van der Waals surface area (Å²) in [4.78, 5) is 26.0. The quantitative estimate of drug-likeness (QED) is 0.323. The van der Waals surface area contributed by atoms with Gasteiger partial charge in [0.25, 0.3) is 0 Å². The van der Waals surface area contributed by atoms with Crippen LogP contribution in [0.1, 0.15) is 88.8 Å². The summed E-state index contributed by atoms with van der Waals surface area (Å²) in [6.07, 6.45) is 9.31. The number of rotatable bonds is 4. The van der Waals surface area contributed by atoms with E-state index in [0.29, 0.717) is 43.8 Å². The Balaban J connectivity index is 0.000000152. The molecule has 198 valence electrons. The number of aryl methyl sites for hydroxylation is 3. The van der Waals surface area contributed by atoms with Crippen LogP contribution in [0.2, 0.25) is 10.0 Å². The van der Waals surface area contributed by atoms with Gasteiger partial charge in [0.2, 0.25) is 0 Å². The second-order valence-electron chi connectivity index (χ2n) is 11.3. The highest BCUT2D eigenvalue weighted by Gasteiger charge is 2.53. The van der Waals surface area contributed by atoms with Crippen LogP contribution in [0.25, 0.3) is 0 Å². The van der Waals surface area contributed by atoms with Gasteiger partial charge in [0.1, 0.15) is 0 Å². The van der Waals surface area contributed by atoms with Gasteiger partial charge in [0, 0.05) is 17.6 Å². The topological polar surface area (TPSA) is 34.1 Å². The first-order valence-electron chi connectivity index (χ1n) is 13.3. The minimum atomic E-state index is -1.98. The van der Waals surface area contributed by atoms with Crippen LogP contribution in [0.5, 0.6) is 0 Å². The molecule has 0 N–H and O–H groups in total. The van der Waals surface area contributed by atoms with Crippen molar-refractivity contribution in [3.05, 3.63) is 68.2 Å². The molecule has 4 heterocycles. The summed E-state index contributed by atoms with van der Waals surface area (Å²) in [7, 11) is 0. The van der Waals surface area contributed by atoms with Crippen LogP contribution in [-0.2, 0) is 23.6 Å². The summed E-state index contributed by atoms with van der Waals surface area (Å²) in [5, 5.41) is 0.894. The standard InChI is InChI=1S/C16H21OPS.C13H13Cl2OPS/c1-10-8-11(2)15(12(3)9-10)16(17)18(19)13-4-5-14(18)7-6-13;14-10-2-1-3-11(15)12(10)13(16)17(18)8-4-5-9(17)7-6-8/h8-9,13-14H,4-7H2,1-3H3;1-3,8-9H,4-7H2. The average Bonchev–Trinajstić information content (AvgIpc) is 3.56. The molecule has 37 heavy (non-hydrogen) atoms. The molecular weight excluding hydrogens is 577 g/mol. The molecule has 0 spiro atoms. The number of hydrogen-bond donors (Lipinski definition) is 0. The number of benzene rings is 2. The van der Waals surface area contributed by atoms with E-state index in [1.807, 2.05) is 0 Å². The van der Waals surface area contributed by atoms with Crippen molar-refractivity contribution in [1.82, 2.24) is 0 Å². The molecule has 0 aliphatic carbocycles. The molecule has 0 radical (unpaired) electrons. The summed E-state index contributed by atoms with van der Waals surface area (Å²) >= 11 is 24.1. The van der Waals surface area contributed by atoms with Gasteiger partial charge in [-0.05, 0) is 118 Å². The van der Waals surface area contributed by atoms with Crippen molar-refractivity contribution in [2.75, 3.05) is 0 Å². The molecule has 2 nitrogen and oxygen atoms in total. The van der Waals surface area contributed by atoms with Gasteiger partial charge in [-0.15, -0.1) is 0 Å². The maximum Gasteiger partial charge on any atom is 0.197 e. The van der Waals surface area contributed by atoms with Crippen molar-refractivity contribution in [2.45, 2.75) is 94.8 Å². The fourth-order valence-electron chi connectivity index (χ4n) is 7.48. The third kappa shape index (κ3) is 4.61. The Bertz CT molecular complexity index is 1300. The van der Waals surface area contributed by atoms with Crippen molar-refractivity contribution in [2.24, 2.45) is 0 Å². The van der Waals surface area contributed by atoms with Crippen LogP contribution in [0, 0.1) is 20.8 Å². The van der Waals surface area contributed by atoms with E-state index in [2.05, 4.69) is 32.9 Å². The van der Waals surface area contributed by atoms with E-state index >= 15 is 0 Å². The lowest BCUT2D eigenvalue weighted by atomic mass is 10.0. The molecule has 2 aromatic carbocycles. The van der Waals surface area contributed by atoms with E-state index in [-0.39, 0.29) is 5.52 Å². The Kier molecular flexibility index (Phi) is 8.06. The van der Waals surface area contributed by atoms with E-state index in [1.54, 1.807) is 18.2 Å². The van der Waals surface area contributed by atoms with Gasteiger partial charge in [0.05, 0.1) is 15.6 Å². The highest BCUT2D eigenvalue weighted by molar-refractivity contribution is 8.24. The molecule has 0 atom stereocenters. The second kappa shape index (κ2) is 10.6. The van der Waals surface area contributed by atoms with Crippen LogP contribution in [0.15, 0.2) is 30.3 Å². The van der Waals surface area contributed by atoms with E-state index in [1.165, 1.54) is 31.2 Å². The number of carbonyl (C=O) groups excluding carboxylic acids is 2. The Labute approximate surface area is 241 Å². The van der Waals surface area contributed by atoms with Crippen LogP contribution < -0.4 is 0 Å². The highest BCUT2D eigenvalue weighted by atomic mass is 35.5. The third-order valence-corrected chi connectivity index (χ3v) is 22.5. The summed E-state index contributed by atoms with van der Waals surface area (Å²) < 4.78 is 0. The summed E-state index contributed by atoms with van der Waals surface area (Å²) in [6.45, 7) is 6.21. The fraction of sp³-hybridized carbons (Fsp3) is 0.517. The minimum absolute atomic E-state index is 0.0816. The van der Waals surface area contributed by atoms with Crippen LogP contribution in [-0.4, -0.2) is 33.7 Å². The van der Waals surface area contributed by atoms with E-state index in [4.69, 9.17) is 46.8 Å². The molecule has 4 aliphatic heterocycles. The zero-order chi connectivity index (χ0) is 26.7. The Morgan fingerprint density at radius 2 is 1.00 bits per heavy atom. The maximum absolute atomic E-state index is 13.1. The zero-order valence-corrected chi connectivity index (χ0v) is 26.6. The lowest BCUT2D eigenvalue weighted by Crippen LogP contribution is -2.12. The Morgan fingerprint density at radius 1 is 0.676 bits per heavy atom. The van der Waals surface area contributed by atoms with E-state index in [0.717, 1.165) is 42.4 Å². The third-order valence-electron chi connectivity index (χ3n) is 9.20. The smallest absolute Gasteiger partial charge is 0.197 e. The van der Waals surface area contributed by atoms with Crippen molar-refractivity contribution in [3.63, 3.8) is 0 Å².